The molecular formula is C14H10Cl2N2O4S. The van der Waals surface area contributed by atoms with Crippen molar-refractivity contribution in [2.75, 3.05) is 10.8 Å². The van der Waals surface area contributed by atoms with Crippen LogP contribution >= 0.6 is 23.2 Å². The highest BCUT2D eigenvalue weighted by molar-refractivity contribution is 7.93. The molecule has 0 N–H and O–H groups in total. The lowest BCUT2D eigenvalue weighted by atomic mass is 10.1. The van der Waals surface area contributed by atoms with Crippen LogP contribution in [-0.4, -0.2) is 19.9 Å². The van der Waals surface area contributed by atoms with Gasteiger partial charge in [0.1, 0.15) is 4.90 Å². The van der Waals surface area contributed by atoms with Crippen LogP contribution < -0.4 is 4.31 Å². The molecule has 2 aromatic carbocycles. The summed E-state index contributed by atoms with van der Waals surface area (Å²) in [7, 11) is -4.01. The maximum atomic E-state index is 12.9. The Morgan fingerprint density at radius 2 is 1.78 bits per heavy atom. The van der Waals surface area contributed by atoms with Gasteiger partial charge in [0, 0.05) is 18.7 Å². The molecule has 0 amide bonds. The second kappa shape index (κ2) is 5.67. The number of fused-ring (bicyclic) bond motifs is 1. The summed E-state index contributed by atoms with van der Waals surface area (Å²) >= 11 is 12.0. The molecule has 1 aliphatic rings. The zero-order chi connectivity index (χ0) is 16.8. The van der Waals surface area contributed by atoms with E-state index in [1.165, 1.54) is 24.3 Å². The fourth-order valence-electron chi connectivity index (χ4n) is 2.54. The molecule has 0 aliphatic carbocycles. The average molecular weight is 373 g/mol. The Balaban J connectivity index is 2.15. The number of benzene rings is 2. The van der Waals surface area contributed by atoms with Gasteiger partial charge in [0.05, 0.1) is 20.7 Å². The fourth-order valence-corrected chi connectivity index (χ4v) is 5.13. The Bertz CT molecular complexity index is 895. The summed E-state index contributed by atoms with van der Waals surface area (Å²) < 4.78 is 26.9. The van der Waals surface area contributed by atoms with Crippen LogP contribution in [0.4, 0.5) is 11.4 Å². The van der Waals surface area contributed by atoms with Gasteiger partial charge in [-0.3, -0.25) is 14.4 Å². The van der Waals surface area contributed by atoms with Gasteiger partial charge in [-0.1, -0.05) is 35.3 Å². The zero-order valence-corrected chi connectivity index (χ0v) is 13.9. The van der Waals surface area contributed by atoms with E-state index in [-0.39, 0.29) is 32.9 Å². The lowest BCUT2D eigenvalue weighted by Crippen LogP contribution is -2.29. The number of nitro groups is 1. The normalized spacial score (nSPS) is 13.9. The van der Waals surface area contributed by atoms with Crippen molar-refractivity contribution in [3.8, 4) is 0 Å². The Hall–Kier alpha value is -1.83. The van der Waals surface area contributed by atoms with Crippen molar-refractivity contribution < 1.29 is 13.3 Å². The molecule has 0 fully saturated rings. The predicted octanol–water partition coefficient (Wildman–Crippen LogP) is 3.65. The molecule has 1 aliphatic heterocycles. The minimum Gasteiger partial charge on any atom is -0.265 e. The second-order valence-corrected chi connectivity index (χ2v) is 7.56. The van der Waals surface area contributed by atoms with Gasteiger partial charge in [0.25, 0.3) is 15.7 Å². The van der Waals surface area contributed by atoms with Crippen molar-refractivity contribution >= 4 is 44.6 Å². The quantitative estimate of drug-likeness (QED) is 0.608. The molecule has 1 heterocycles. The molecule has 120 valence electrons. The van der Waals surface area contributed by atoms with Gasteiger partial charge in [-0.15, -0.1) is 0 Å². The molecule has 2 aromatic rings. The molecule has 0 saturated heterocycles. The molecule has 0 spiro atoms. The van der Waals surface area contributed by atoms with E-state index in [0.29, 0.717) is 6.42 Å². The van der Waals surface area contributed by atoms with Gasteiger partial charge in [-0.2, -0.15) is 0 Å². The van der Waals surface area contributed by atoms with Gasteiger partial charge in [0.2, 0.25) is 0 Å². The summed E-state index contributed by atoms with van der Waals surface area (Å²) in [6.07, 6.45) is 0.467. The van der Waals surface area contributed by atoms with Crippen LogP contribution in [0.3, 0.4) is 0 Å². The topological polar surface area (TPSA) is 80.5 Å². The minimum absolute atomic E-state index is 0.0105. The number of sulfonamides is 1. The third-order valence-corrected chi connectivity index (χ3v) is 6.37. The van der Waals surface area contributed by atoms with E-state index >= 15 is 0 Å². The summed E-state index contributed by atoms with van der Waals surface area (Å²) in [5, 5.41) is 11.0. The molecule has 3 rings (SSSR count). The number of hydrogen-bond donors (Lipinski definition) is 0. The smallest absolute Gasteiger partial charge is 0.265 e. The first kappa shape index (κ1) is 16.0. The van der Waals surface area contributed by atoms with Gasteiger partial charge < -0.3 is 0 Å². The van der Waals surface area contributed by atoms with Crippen LogP contribution in [0.1, 0.15) is 5.56 Å². The van der Waals surface area contributed by atoms with Crippen LogP contribution in [0, 0.1) is 10.1 Å². The highest BCUT2D eigenvalue weighted by Crippen LogP contribution is 2.39. The number of rotatable bonds is 3. The SMILES string of the molecule is O=[N+]([O-])c1ccc2c(c1)N(S(=O)(=O)c1c(Cl)cccc1Cl)CC2. The van der Waals surface area contributed by atoms with Gasteiger partial charge in [-0.25, -0.2) is 8.42 Å². The summed E-state index contributed by atoms with van der Waals surface area (Å²) in [6.45, 7) is 0.181. The molecule has 9 heteroatoms. The molecule has 23 heavy (non-hydrogen) atoms. The Labute approximate surface area is 142 Å². The molecular weight excluding hydrogens is 363 g/mol. The maximum Gasteiger partial charge on any atom is 0.271 e. The van der Waals surface area contributed by atoms with Crippen molar-refractivity contribution in [1.82, 2.24) is 0 Å². The third kappa shape index (κ3) is 2.65. The van der Waals surface area contributed by atoms with Gasteiger partial charge >= 0.3 is 0 Å². The summed E-state index contributed by atoms with van der Waals surface area (Å²) in [4.78, 5) is 10.2. The first-order valence-corrected chi connectivity index (χ1v) is 8.76. The number of anilines is 1. The van der Waals surface area contributed by atoms with Crippen LogP contribution in [0.15, 0.2) is 41.3 Å². The van der Waals surface area contributed by atoms with E-state index in [1.807, 2.05) is 0 Å². The number of non-ortho nitro benzene ring substituents is 1. The highest BCUT2D eigenvalue weighted by atomic mass is 35.5. The van der Waals surface area contributed by atoms with Crippen molar-refractivity contribution in [3.63, 3.8) is 0 Å². The highest BCUT2D eigenvalue weighted by Gasteiger charge is 2.34. The summed E-state index contributed by atoms with van der Waals surface area (Å²) in [6, 6.07) is 8.60. The van der Waals surface area contributed by atoms with Crippen molar-refractivity contribution in [2.45, 2.75) is 11.3 Å². The molecule has 0 bridgehead atoms. The van der Waals surface area contributed by atoms with Crippen LogP contribution in [-0.2, 0) is 16.4 Å². The van der Waals surface area contributed by atoms with Crippen LogP contribution in [0.2, 0.25) is 10.0 Å². The van der Waals surface area contributed by atoms with E-state index in [0.717, 1.165) is 9.87 Å². The van der Waals surface area contributed by atoms with Crippen LogP contribution in [0.25, 0.3) is 0 Å². The van der Waals surface area contributed by atoms with Crippen molar-refractivity contribution in [2.24, 2.45) is 0 Å². The van der Waals surface area contributed by atoms with Gasteiger partial charge in [0.15, 0.2) is 0 Å². The first-order valence-electron chi connectivity index (χ1n) is 6.56. The second-order valence-electron chi connectivity index (χ2n) is 4.95. The summed E-state index contributed by atoms with van der Waals surface area (Å²) in [5.41, 5.74) is 0.841. The average Bonchev–Trinajstić information content (AvgIpc) is 2.90. The number of nitro benzene ring substituents is 1. The van der Waals surface area contributed by atoms with E-state index in [2.05, 4.69) is 0 Å². The van der Waals surface area contributed by atoms with Gasteiger partial charge in [-0.05, 0) is 24.1 Å². The summed E-state index contributed by atoms with van der Waals surface area (Å²) in [5.74, 6) is 0. The van der Waals surface area contributed by atoms with E-state index in [9.17, 15) is 18.5 Å². The fraction of sp³-hybridized carbons (Fsp3) is 0.143. The Morgan fingerprint density at radius 3 is 2.39 bits per heavy atom. The third-order valence-electron chi connectivity index (χ3n) is 3.60. The van der Waals surface area contributed by atoms with Crippen molar-refractivity contribution in [3.05, 3.63) is 62.1 Å². The molecule has 0 aromatic heterocycles. The van der Waals surface area contributed by atoms with E-state index in [4.69, 9.17) is 23.2 Å². The predicted molar refractivity (Wildman–Crippen MR) is 87.8 cm³/mol. The molecule has 0 atom stereocenters. The molecule has 0 radical (unpaired) electrons. The lowest BCUT2D eigenvalue weighted by Gasteiger charge is -2.20. The lowest BCUT2D eigenvalue weighted by molar-refractivity contribution is -0.384. The van der Waals surface area contributed by atoms with E-state index < -0.39 is 14.9 Å². The number of hydrogen-bond acceptors (Lipinski definition) is 4. The molecule has 0 saturated carbocycles. The zero-order valence-electron chi connectivity index (χ0n) is 11.6. The molecule has 0 unspecified atom stereocenters. The number of nitrogens with zero attached hydrogens (tertiary/aromatic N) is 2. The first-order chi connectivity index (χ1) is 10.8. The largest absolute Gasteiger partial charge is 0.271 e. The Kier molecular flexibility index (Phi) is 3.95. The molecule has 6 nitrogen and oxygen atoms in total. The number of halogens is 2. The standard InChI is InChI=1S/C14H10Cl2N2O4S/c15-11-2-1-3-12(16)14(11)23(21,22)17-7-6-9-4-5-10(18(19)20)8-13(9)17/h1-5,8H,6-7H2. The maximum absolute atomic E-state index is 12.9. The van der Waals surface area contributed by atoms with Crippen molar-refractivity contribution in [1.29, 1.82) is 0 Å². The monoisotopic (exact) mass is 372 g/mol. The minimum atomic E-state index is -4.01. The Morgan fingerprint density at radius 1 is 1.13 bits per heavy atom. The van der Waals surface area contributed by atoms with E-state index in [1.54, 1.807) is 12.1 Å². The van der Waals surface area contributed by atoms with Crippen LogP contribution in [0.5, 0.6) is 0 Å².